The predicted molar refractivity (Wildman–Crippen MR) is 75.9 cm³/mol. The maximum atomic E-state index is 5.39. The monoisotopic (exact) mass is 247 g/mol. The summed E-state index contributed by atoms with van der Waals surface area (Å²) in [4.78, 5) is 0. The van der Waals surface area contributed by atoms with Crippen LogP contribution >= 0.6 is 0 Å². The molecule has 2 nitrogen and oxygen atoms in total. The summed E-state index contributed by atoms with van der Waals surface area (Å²) in [6.45, 7) is 3.30. The normalized spacial score (nSPS) is 24.6. The van der Waals surface area contributed by atoms with Gasteiger partial charge in [-0.15, -0.1) is 0 Å². The van der Waals surface area contributed by atoms with E-state index in [9.17, 15) is 0 Å². The molecule has 1 N–H and O–H groups in total. The Kier molecular flexibility index (Phi) is 5.06. The summed E-state index contributed by atoms with van der Waals surface area (Å²) >= 11 is 0. The Morgan fingerprint density at radius 1 is 1.17 bits per heavy atom. The molecular formula is C16H25NO. The Balaban J connectivity index is 1.87. The molecule has 1 fully saturated rings. The van der Waals surface area contributed by atoms with Gasteiger partial charge in [0, 0.05) is 18.2 Å². The molecule has 1 aliphatic carbocycles. The lowest BCUT2D eigenvalue weighted by Gasteiger charge is -2.17. The molecule has 0 heterocycles. The summed E-state index contributed by atoms with van der Waals surface area (Å²) in [5.74, 6) is 1.90. The fourth-order valence-electron chi connectivity index (χ4n) is 2.79. The zero-order valence-corrected chi connectivity index (χ0v) is 11.6. The first-order valence-corrected chi connectivity index (χ1v) is 7.15. The topological polar surface area (TPSA) is 21.3 Å². The third-order valence-electron chi connectivity index (χ3n) is 4.03. The maximum Gasteiger partial charge on any atom is 0.123 e. The summed E-state index contributed by atoms with van der Waals surface area (Å²) < 4.78 is 5.39. The van der Waals surface area contributed by atoms with Gasteiger partial charge < -0.3 is 10.1 Å². The van der Waals surface area contributed by atoms with Crippen LogP contribution in [-0.4, -0.2) is 13.2 Å². The van der Waals surface area contributed by atoms with E-state index < -0.39 is 0 Å². The molecule has 18 heavy (non-hydrogen) atoms. The standard InChI is InChI=1S/C16H25NO/c1-13-6-5-8-15(11-10-13)17-12-14-7-3-4-9-16(14)18-2/h3-4,7,9,13,15,17H,5-6,8,10-12H2,1-2H3. The molecule has 1 saturated carbocycles. The molecular weight excluding hydrogens is 222 g/mol. The van der Waals surface area contributed by atoms with Crippen LogP contribution in [-0.2, 0) is 6.54 Å². The number of hydrogen-bond acceptors (Lipinski definition) is 2. The Morgan fingerprint density at radius 3 is 2.83 bits per heavy atom. The van der Waals surface area contributed by atoms with E-state index in [-0.39, 0.29) is 0 Å². The zero-order valence-electron chi connectivity index (χ0n) is 11.6. The van der Waals surface area contributed by atoms with Gasteiger partial charge in [-0.2, -0.15) is 0 Å². The smallest absolute Gasteiger partial charge is 0.123 e. The van der Waals surface area contributed by atoms with E-state index in [4.69, 9.17) is 4.74 Å². The lowest BCUT2D eigenvalue weighted by Crippen LogP contribution is -2.28. The molecule has 100 valence electrons. The van der Waals surface area contributed by atoms with Crippen molar-refractivity contribution in [1.82, 2.24) is 5.32 Å². The van der Waals surface area contributed by atoms with E-state index in [1.807, 2.05) is 12.1 Å². The van der Waals surface area contributed by atoms with Crippen LogP contribution in [0, 0.1) is 5.92 Å². The molecule has 0 bridgehead atoms. The molecule has 0 aromatic heterocycles. The molecule has 0 aliphatic heterocycles. The van der Waals surface area contributed by atoms with Gasteiger partial charge in [-0.25, -0.2) is 0 Å². The van der Waals surface area contributed by atoms with Crippen LogP contribution in [0.15, 0.2) is 24.3 Å². The quantitative estimate of drug-likeness (QED) is 0.818. The molecule has 2 heteroatoms. The molecule has 2 unspecified atom stereocenters. The van der Waals surface area contributed by atoms with Crippen LogP contribution < -0.4 is 10.1 Å². The lowest BCUT2D eigenvalue weighted by molar-refractivity contribution is 0.400. The molecule has 1 aromatic rings. The van der Waals surface area contributed by atoms with Gasteiger partial charge in [0.05, 0.1) is 7.11 Å². The Bertz CT molecular complexity index is 364. The van der Waals surface area contributed by atoms with E-state index in [1.54, 1.807) is 7.11 Å². The summed E-state index contributed by atoms with van der Waals surface area (Å²) in [5, 5.41) is 3.69. The number of methoxy groups -OCH3 is 1. The van der Waals surface area contributed by atoms with Crippen molar-refractivity contribution in [2.24, 2.45) is 5.92 Å². The number of nitrogens with one attached hydrogen (secondary N) is 1. The van der Waals surface area contributed by atoms with E-state index in [2.05, 4.69) is 24.4 Å². The van der Waals surface area contributed by atoms with E-state index in [0.29, 0.717) is 6.04 Å². The van der Waals surface area contributed by atoms with Crippen molar-refractivity contribution in [3.05, 3.63) is 29.8 Å². The van der Waals surface area contributed by atoms with Gasteiger partial charge in [0.2, 0.25) is 0 Å². The minimum atomic E-state index is 0.680. The average molecular weight is 247 g/mol. The van der Waals surface area contributed by atoms with E-state index >= 15 is 0 Å². The van der Waals surface area contributed by atoms with Gasteiger partial charge in [-0.3, -0.25) is 0 Å². The third kappa shape index (κ3) is 3.74. The first kappa shape index (κ1) is 13.4. The highest BCUT2D eigenvalue weighted by molar-refractivity contribution is 5.33. The van der Waals surface area contributed by atoms with Crippen molar-refractivity contribution in [2.45, 2.75) is 51.6 Å². The van der Waals surface area contributed by atoms with Crippen LogP contribution in [0.1, 0.15) is 44.6 Å². The number of hydrogen-bond donors (Lipinski definition) is 1. The fraction of sp³-hybridized carbons (Fsp3) is 0.625. The highest BCUT2D eigenvalue weighted by Crippen LogP contribution is 2.23. The molecule has 0 saturated heterocycles. The Labute approximate surface area is 111 Å². The van der Waals surface area contributed by atoms with E-state index in [1.165, 1.54) is 37.7 Å². The third-order valence-corrected chi connectivity index (χ3v) is 4.03. The SMILES string of the molecule is COc1ccccc1CNC1CCCC(C)CC1. The minimum Gasteiger partial charge on any atom is -0.496 e. The van der Waals surface area contributed by atoms with E-state index in [0.717, 1.165) is 18.2 Å². The molecule has 1 aromatic carbocycles. The molecule has 2 rings (SSSR count). The second-order valence-electron chi connectivity index (χ2n) is 5.50. The molecule has 0 spiro atoms. The fourth-order valence-corrected chi connectivity index (χ4v) is 2.79. The zero-order chi connectivity index (χ0) is 12.8. The number of ether oxygens (including phenoxy) is 1. The van der Waals surface area contributed by atoms with Crippen molar-refractivity contribution < 1.29 is 4.74 Å². The molecule has 2 atom stereocenters. The Morgan fingerprint density at radius 2 is 2.00 bits per heavy atom. The Hall–Kier alpha value is -1.02. The second-order valence-corrected chi connectivity index (χ2v) is 5.50. The van der Waals surface area contributed by atoms with Crippen LogP contribution in [0.25, 0.3) is 0 Å². The van der Waals surface area contributed by atoms with Crippen molar-refractivity contribution in [2.75, 3.05) is 7.11 Å². The first-order chi connectivity index (χ1) is 8.79. The highest BCUT2D eigenvalue weighted by Gasteiger charge is 2.15. The van der Waals surface area contributed by atoms with Crippen molar-refractivity contribution in [3.8, 4) is 5.75 Å². The number of rotatable bonds is 4. The van der Waals surface area contributed by atoms with Crippen molar-refractivity contribution >= 4 is 0 Å². The molecule has 0 radical (unpaired) electrons. The second kappa shape index (κ2) is 6.79. The van der Waals surface area contributed by atoms with Gasteiger partial charge in [0.25, 0.3) is 0 Å². The van der Waals surface area contributed by atoms with Crippen LogP contribution in [0.3, 0.4) is 0 Å². The largest absolute Gasteiger partial charge is 0.496 e. The van der Waals surface area contributed by atoms with Crippen LogP contribution in [0.2, 0.25) is 0 Å². The van der Waals surface area contributed by atoms with Crippen molar-refractivity contribution in [1.29, 1.82) is 0 Å². The maximum absolute atomic E-state index is 5.39. The van der Waals surface area contributed by atoms with Crippen LogP contribution in [0.4, 0.5) is 0 Å². The lowest BCUT2D eigenvalue weighted by atomic mass is 10.0. The van der Waals surface area contributed by atoms with Gasteiger partial charge >= 0.3 is 0 Å². The summed E-state index contributed by atoms with van der Waals surface area (Å²) in [5.41, 5.74) is 1.26. The molecule has 1 aliphatic rings. The first-order valence-electron chi connectivity index (χ1n) is 7.15. The summed E-state index contributed by atoms with van der Waals surface area (Å²) in [6.07, 6.45) is 6.76. The summed E-state index contributed by atoms with van der Waals surface area (Å²) in [7, 11) is 1.74. The van der Waals surface area contributed by atoms with Gasteiger partial charge in [0.15, 0.2) is 0 Å². The predicted octanol–water partition coefficient (Wildman–Crippen LogP) is 3.75. The van der Waals surface area contributed by atoms with Gasteiger partial charge in [-0.1, -0.05) is 38.0 Å². The van der Waals surface area contributed by atoms with Crippen molar-refractivity contribution in [3.63, 3.8) is 0 Å². The summed E-state index contributed by atoms with van der Waals surface area (Å²) in [6, 6.07) is 8.96. The number of para-hydroxylation sites is 1. The highest BCUT2D eigenvalue weighted by atomic mass is 16.5. The van der Waals surface area contributed by atoms with Crippen LogP contribution in [0.5, 0.6) is 5.75 Å². The minimum absolute atomic E-state index is 0.680. The average Bonchev–Trinajstić information content (AvgIpc) is 2.61. The van der Waals surface area contributed by atoms with Gasteiger partial charge in [0.1, 0.15) is 5.75 Å². The molecule has 0 amide bonds. The van der Waals surface area contributed by atoms with Gasteiger partial charge in [-0.05, 0) is 31.2 Å². The number of benzene rings is 1.